The van der Waals surface area contributed by atoms with Gasteiger partial charge in [-0.15, -0.1) is 0 Å². The molecule has 0 saturated heterocycles. The van der Waals surface area contributed by atoms with Gasteiger partial charge in [0.15, 0.2) is 0 Å². The minimum Gasteiger partial charge on any atom is -0.307 e. The van der Waals surface area contributed by atoms with Crippen molar-refractivity contribution in [3.05, 3.63) is 0 Å². The van der Waals surface area contributed by atoms with Crippen LogP contribution in [0.4, 0.5) is 0 Å². The molecule has 2 unspecified atom stereocenters. The number of hydrogen-bond donors (Lipinski definition) is 0. The van der Waals surface area contributed by atoms with Crippen molar-refractivity contribution < 1.29 is 9.78 Å². The average molecular weight is 204 g/mol. The predicted octanol–water partition coefficient (Wildman–Crippen LogP) is 0.835. The second-order valence-electron chi connectivity index (χ2n) is 4.34. The Bertz CT molecular complexity index is 124. The summed E-state index contributed by atoms with van der Waals surface area (Å²) >= 11 is 0. The number of likely N-dealkylation sites (N-methyl/N-ethyl adjacent to an activating group) is 2. The van der Waals surface area contributed by atoms with Gasteiger partial charge in [0, 0.05) is 13.1 Å². The van der Waals surface area contributed by atoms with Gasteiger partial charge >= 0.3 is 0 Å². The van der Waals surface area contributed by atoms with E-state index in [0.717, 1.165) is 13.1 Å². The summed E-state index contributed by atoms with van der Waals surface area (Å²) in [5.41, 5.74) is 0. The summed E-state index contributed by atoms with van der Waals surface area (Å²) in [6.07, 6.45) is 0.212. The highest BCUT2D eigenvalue weighted by Crippen LogP contribution is 1.99. The van der Waals surface area contributed by atoms with Crippen molar-refractivity contribution >= 4 is 0 Å². The monoisotopic (exact) mass is 204 g/mol. The summed E-state index contributed by atoms with van der Waals surface area (Å²) in [5.74, 6) is 0. The Morgan fingerprint density at radius 1 is 0.786 bits per heavy atom. The summed E-state index contributed by atoms with van der Waals surface area (Å²) in [4.78, 5) is 14.6. The molecule has 0 spiro atoms. The topological polar surface area (TPSA) is 24.9 Å². The van der Waals surface area contributed by atoms with Gasteiger partial charge in [-0.1, -0.05) is 0 Å². The minimum atomic E-state index is 0.106. The lowest BCUT2D eigenvalue weighted by Crippen LogP contribution is -2.30. The van der Waals surface area contributed by atoms with E-state index in [9.17, 15) is 0 Å². The van der Waals surface area contributed by atoms with Crippen molar-refractivity contribution in [2.24, 2.45) is 0 Å². The third-order valence-electron chi connectivity index (χ3n) is 1.63. The summed E-state index contributed by atoms with van der Waals surface area (Å²) in [5, 5.41) is 0. The zero-order chi connectivity index (χ0) is 11.1. The van der Waals surface area contributed by atoms with Crippen LogP contribution in [0, 0.1) is 0 Å². The molecular formula is C10H24N2O2. The van der Waals surface area contributed by atoms with Crippen LogP contribution >= 0.6 is 0 Å². The lowest BCUT2D eigenvalue weighted by molar-refractivity contribution is -0.346. The first-order valence-electron chi connectivity index (χ1n) is 5.03. The molecule has 86 valence electrons. The van der Waals surface area contributed by atoms with E-state index in [1.54, 1.807) is 0 Å². The fourth-order valence-corrected chi connectivity index (χ4v) is 1.28. The van der Waals surface area contributed by atoms with Crippen molar-refractivity contribution in [2.45, 2.75) is 26.1 Å². The highest BCUT2D eigenvalue weighted by atomic mass is 17.2. The Morgan fingerprint density at radius 2 is 1.07 bits per heavy atom. The van der Waals surface area contributed by atoms with Crippen LogP contribution in [0.15, 0.2) is 0 Å². The van der Waals surface area contributed by atoms with Crippen molar-refractivity contribution in [3.8, 4) is 0 Å². The van der Waals surface area contributed by atoms with Crippen molar-refractivity contribution in [1.82, 2.24) is 9.80 Å². The zero-order valence-electron chi connectivity index (χ0n) is 10.3. The maximum Gasteiger partial charge on any atom is 0.103 e. The molecule has 0 N–H and O–H groups in total. The van der Waals surface area contributed by atoms with Gasteiger partial charge in [0.2, 0.25) is 0 Å². The third kappa shape index (κ3) is 8.44. The summed E-state index contributed by atoms with van der Waals surface area (Å²) in [6, 6.07) is 0. The first-order valence-corrected chi connectivity index (χ1v) is 5.03. The summed E-state index contributed by atoms with van der Waals surface area (Å²) in [6.45, 7) is 5.74. The van der Waals surface area contributed by atoms with Crippen LogP contribution < -0.4 is 0 Å². The standard InChI is InChI=1S/C10H24N2O2/c1-9(7-11(3)4)13-14-10(2)8-12(5)6/h9-10H,7-8H2,1-6H3. The Kier molecular flexibility index (Phi) is 7.09. The maximum absolute atomic E-state index is 5.25. The van der Waals surface area contributed by atoms with Crippen molar-refractivity contribution in [1.29, 1.82) is 0 Å². The van der Waals surface area contributed by atoms with Gasteiger partial charge in [-0.25, -0.2) is 9.78 Å². The Morgan fingerprint density at radius 3 is 1.29 bits per heavy atom. The van der Waals surface area contributed by atoms with Crippen LogP contribution in [0.5, 0.6) is 0 Å². The molecule has 0 aromatic rings. The molecule has 0 aromatic heterocycles. The van der Waals surface area contributed by atoms with E-state index in [0.29, 0.717) is 0 Å². The molecule has 0 heterocycles. The van der Waals surface area contributed by atoms with Crippen LogP contribution in [0.3, 0.4) is 0 Å². The van der Waals surface area contributed by atoms with Crippen LogP contribution in [-0.2, 0) is 9.78 Å². The molecule has 0 rings (SSSR count). The molecule has 0 aromatic carbocycles. The molecule has 0 aliphatic carbocycles. The van der Waals surface area contributed by atoms with E-state index in [-0.39, 0.29) is 12.2 Å². The quantitative estimate of drug-likeness (QED) is 0.453. The second kappa shape index (κ2) is 7.17. The Balaban J connectivity index is 3.50. The Labute approximate surface area is 87.7 Å². The van der Waals surface area contributed by atoms with Crippen LogP contribution in [0.25, 0.3) is 0 Å². The van der Waals surface area contributed by atoms with Gasteiger partial charge in [-0.05, 0) is 42.0 Å². The zero-order valence-corrected chi connectivity index (χ0v) is 10.3. The van der Waals surface area contributed by atoms with Crippen LogP contribution in [-0.4, -0.2) is 63.3 Å². The van der Waals surface area contributed by atoms with Gasteiger partial charge in [0.1, 0.15) is 12.2 Å². The van der Waals surface area contributed by atoms with Crippen LogP contribution in [0.2, 0.25) is 0 Å². The van der Waals surface area contributed by atoms with Gasteiger partial charge in [-0.3, -0.25) is 0 Å². The van der Waals surface area contributed by atoms with Gasteiger partial charge < -0.3 is 9.80 Å². The lowest BCUT2D eigenvalue weighted by atomic mass is 10.4. The first kappa shape index (κ1) is 13.8. The normalized spacial score (nSPS) is 16.3. The molecule has 0 fully saturated rings. The SMILES string of the molecule is CC(CN(C)C)OOC(C)CN(C)C. The molecule has 4 nitrogen and oxygen atoms in total. The van der Waals surface area contributed by atoms with E-state index in [1.165, 1.54) is 0 Å². The van der Waals surface area contributed by atoms with E-state index >= 15 is 0 Å². The minimum absolute atomic E-state index is 0.106. The molecule has 0 saturated carbocycles. The third-order valence-corrected chi connectivity index (χ3v) is 1.63. The van der Waals surface area contributed by atoms with E-state index in [1.807, 2.05) is 42.0 Å². The van der Waals surface area contributed by atoms with Gasteiger partial charge in [-0.2, -0.15) is 0 Å². The molecule has 0 radical (unpaired) electrons. The number of rotatable bonds is 7. The molecule has 2 atom stereocenters. The van der Waals surface area contributed by atoms with Crippen molar-refractivity contribution in [3.63, 3.8) is 0 Å². The van der Waals surface area contributed by atoms with Gasteiger partial charge in [0.25, 0.3) is 0 Å². The Hall–Kier alpha value is -0.160. The number of nitrogens with zero attached hydrogens (tertiary/aromatic N) is 2. The summed E-state index contributed by atoms with van der Waals surface area (Å²) < 4.78 is 0. The fourth-order valence-electron chi connectivity index (χ4n) is 1.28. The van der Waals surface area contributed by atoms with Crippen molar-refractivity contribution in [2.75, 3.05) is 41.3 Å². The number of hydrogen-bond acceptors (Lipinski definition) is 4. The predicted molar refractivity (Wildman–Crippen MR) is 58.2 cm³/mol. The molecule has 0 amide bonds. The maximum atomic E-state index is 5.25. The smallest absolute Gasteiger partial charge is 0.103 e. The molecule has 14 heavy (non-hydrogen) atoms. The lowest BCUT2D eigenvalue weighted by Gasteiger charge is -2.20. The van der Waals surface area contributed by atoms with E-state index in [4.69, 9.17) is 9.78 Å². The fraction of sp³-hybridized carbons (Fsp3) is 1.00. The second-order valence-corrected chi connectivity index (χ2v) is 4.34. The highest BCUT2D eigenvalue weighted by Gasteiger charge is 2.09. The summed E-state index contributed by atoms with van der Waals surface area (Å²) in [7, 11) is 8.07. The average Bonchev–Trinajstić information content (AvgIpc) is 1.98. The first-order chi connectivity index (χ1) is 6.41. The molecule has 0 bridgehead atoms. The largest absolute Gasteiger partial charge is 0.307 e. The molecular weight excluding hydrogens is 180 g/mol. The molecule has 0 aliphatic heterocycles. The highest BCUT2D eigenvalue weighted by molar-refractivity contribution is 4.53. The van der Waals surface area contributed by atoms with Crippen LogP contribution in [0.1, 0.15) is 13.8 Å². The van der Waals surface area contributed by atoms with E-state index < -0.39 is 0 Å². The van der Waals surface area contributed by atoms with E-state index in [2.05, 4.69) is 9.80 Å². The molecule has 4 heteroatoms. The van der Waals surface area contributed by atoms with Gasteiger partial charge in [0.05, 0.1) is 0 Å². The molecule has 0 aliphatic rings.